The fourth-order valence-electron chi connectivity index (χ4n) is 0.585. The average molecular weight is 116 g/mol. The molecule has 0 radical (unpaired) electrons. The fourth-order valence-corrected chi connectivity index (χ4v) is 0.903. The van der Waals surface area contributed by atoms with Crippen LogP contribution in [-0.2, 0) is 4.74 Å². The van der Waals surface area contributed by atoms with Gasteiger partial charge in [-0.2, -0.15) is 0 Å². The standard InChI is InChI=1S/C5H8OS/c1-4-2-5(7)3-6-4/h3-4,7H,2H2,1H3. The van der Waals surface area contributed by atoms with Crippen molar-refractivity contribution in [3.8, 4) is 0 Å². The van der Waals surface area contributed by atoms with Gasteiger partial charge in [0, 0.05) is 11.3 Å². The number of ether oxygens (including phenoxy) is 1. The summed E-state index contributed by atoms with van der Waals surface area (Å²) in [5.74, 6) is 0. The second-order valence-electron chi connectivity index (χ2n) is 1.76. The van der Waals surface area contributed by atoms with Gasteiger partial charge in [-0.05, 0) is 6.92 Å². The van der Waals surface area contributed by atoms with Crippen LogP contribution in [-0.4, -0.2) is 6.10 Å². The van der Waals surface area contributed by atoms with Crippen molar-refractivity contribution in [2.24, 2.45) is 0 Å². The number of thiol groups is 1. The van der Waals surface area contributed by atoms with Gasteiger partial charge in [0.2, 0.25) is 0 Å². The Hall–Kier alpha value is -0.110. The molecule has 0 amide bonds. The molecule has 0 aromatic rings. The highest BCUT2D eigenvalue weighted by Gasteiger charge is 2.08. The third-order valence-corrected chi connectivity index (χ3v) is 1.22. The van der Waals surface area contributed by atoms with Crippen LogP contribution in [0.4, 0.5) is 0 Å². The summed E-state index contributed by atoms with van der Waals surface area (Å²) < 4.78 is 5.03. The Balaban J connectivity index is 2.42. The normalized spacial score (nSPS) is 29.4. The molecule has 0 aromatic carbocycles. The Labute approximate surface area is 48.8 Å². The van der Waals surface area contributed by atoms with Crippen LogP contribution in [0.15, 0.2) is 11.2 Å². The lowest BCUT2D eigenvalue weighted by Gasteiger charge is -1.97. The van der Waals surface area contributed by atoms with Crippen LogP contribution >= 0.6 is 12.6 Å². The van der Waals surface area contributed by atoms with Crippen molar-refractivity contribution in [1.29, 1.82) is 0 Å². The van der Waals surface area contributed by atoms with E-state index in [1.165, 1.54) is 0 Å². The van der Waals surface area contributed by atoms with Crippen LogP contribution in [0.3, 0.4) is 0 Å². The Morgan fingerprint density at radius 3 is 2.86 bits per heavy atom. The topological polar surface area (TPSA) is 9.23 Å². The van der Waals surface area contributed by atoms with Crippen LogP contribution in [0.2, 0.25) is 0 Å². The maximum Gasteiger partial charge on any atom is 0.0997 e. The molecule has 1 unspecified atom stereocenters. The second-order valence-corrected chi connectivity index (χ2v) is 2.33. The zero-order valence-electron chi connectivity index (χ0n) is 4.22. The first-order valence-electron chi connectivity index (χ1n) is 2.32. The van der Waals surface area contributed by atoms with E-state index < -0.39 is 0 Å². The highest BCUT2D eigenvalue weighted by Crippen LogP contribution is 2.19. The van der Waals surface area contributed by atoms with Crippen LogP contribution in [0, 0.1) is 0 Å². The monoisotopic (exact) mass is 116 g/mol. The summed E-state index contributed by atoms with van der Waals surface area (Å²) in [6.07, 6.45) is 3.03. The molecule has 1 atom stereocenters. The van der Waals surface area contributed by atoms with Gasteiger partial charge in [0.25, 0.3) is 0 Å². The van der Waals surface area contributed by atoms with E-state index in [1.807, 2.05) is 6.92 Å². The smallest absolute Gasteiger partial charge is 0.0997 e. The van der Waals surface area contributed by atoms with Crippen molar-refractivity contribution in [2.45, 2.75) is 19.4 Å². The molecule has 0 aromatic heterocycles. The summed E-state index contributed by atoms with van der Waals surface area (Å²) in [5, 5.41) is 0. The molecule has 0 saturated carbocycles. The molecule has 0 N–H and O–H groups in total. The third kappa shape index (κ3) is 1.13. The molecule has 40 valence electrons. The summed E-state index contributed by atoms with van der Waals surface area (Å²) in [5.41, 5.74) is 0. The Morgan fingerprint density at radius 1 is 2.00 bits per heavy atom. The molecular formula is C5H8OS. The summed E-state index contributed by atoms with van der Waals surface area (Å²) in [4.78, 5) is 1.05. The van der Waals surface area contributed by atoms with Gasteiger partial charge in [-0.3, -0.25) is 0 Å². The van der Waals surface area contributed by atoms with Gasteiger partial charge in [-0.25, -0.2) is 0 Å². The quantitative estimate of drug-likeness (QED) is 0.472. The van der Waals surface area contributed by atoms with Crippen molar-refractivity contribution >= 4 is 12.6 Å². The van der Waals surface area contributed by atoms with Gasteiger partial charge in [0.05, 0.1) is 12.4 Å². The molecule has 1 aliphatic rings. The van der Waals surface area contributed by atoms with Gasteiger partial charge in [-0.15, -0.1) is 12.6 Å². The number of rotatable bonds is 0. The molecule has 0 aliphatic carbocycles. The van der Waals surface area contributed by atoms with E-state index in [-0.39, 0.29) is 0 Å². The molecule has 0 bridgehead atoms. The highest BCUT2D eigenvalue weighted by atomic mass is 32.1. The molecule has 1 heterocycles. The number of hydrogen-bond acceptors (Lipinski definition) is 2. The lowest BCUT2D eigenvalue weighted by Crippen LogP contribution is -1.94. The predicted octanol–water partition coefficient (Wildman–Crippen LogP) is 1.57. The van der Waals surface area contributed by atoms with E-state index in [0.717, 1.165) is 11.3 Å². The summed E-state index contributed by atoms with van der Waals surface area (Å²) in [6, 6.07) is 0. The van der Waals surface area contributed by atoms with Crippen molar-refractivity contribution in [3.63, 3.8) is 0 Å². The Kier molecular flexibility index (Phi) is 1.28. The number of hydrogen-bond donors (Lipinski definition) is 1. The molecule has 1 rings (SSSR count). The first-order valence-corrected chi connectivity index (χ1v) is 2.77. The lowest BCUT2D eigenvalue weighted by atomic mass is 10.3. The van der Waals surface area contributed by atoms with Crippen LogP contribution in [0.25, 0.3) is 0 Å². The zero-order valence-corrected chi connectivity index (χ0v) is 5.11. The van der Waals surface area contributed by atoms with E-state index in [4.69, 9.17) is 4.74 Å². The Morgan fingerprint density at radius 2 is 2.71 bits per heavy atom. The molecule has 0 spiro atoms. The fraction of sp³-hybridized carbons (Fsp3) is 0.600. The maximum atomic E-state index is 5.03. The summed E-state index contributed by atoms with van der Waals surface area (Å²) in [6.45, 7) is 2.03. The third-order valence-electron chi connectivity index (χ3n) is 0.933. The van der Waals surface area contributed by atoms with Crippen LogP contribution in [0.5, 0.6) is 0 Å². The van der Waals surface area contributed by atoms with E-state index in [1.54, 1.807) is 6.26 Å². The van der Waals surface area contributed by atoms with Gasteiger partial charge >= 0.3 is 0 Å². The van der Waals surface area contributed by atoms with Crippen molar-refractivity contribution in [3.05, 3.63) is 11.2 Å². The lowest BCUT2D eigenvalue weighted by molar-refractivity contribution is 0.189. The minimum absolute atomic E-state index is 0.354. The van der Waals surface area contributed by atoms with E-state index in [0.29, 0.717) is 6.10 Å². The summed E-state index contributed by atoms with van der Waals surface area (Å²) in [7, 11) is 0. The molecular weight excluding hydrogens is 108 g/mol. The first-order chi connectivity index (χ1) is 3.29. The molecule has 0 saturated heterocycles. The zero-order chi connectivity index (χ0) is 5.28. The second kappa shape index (κ2) is 1.78. The van der Waals surface area contributed by atoms with Crippen LogP contribution < -0.4 is 0 Å². The molecule has 1 aliphatic heterocycles. The average Bonchev–Trinajstić information content (AvgIpc) is 1.87. The SMILES string of the molecule is CC1CC(S)=CO1. The van der Waals surface area contributed by atoms with Gasteiger partial charge in [0.1, 0.15) is 0 Å². The van der Waals surface area contributed by atoms with Crippen molar-refractivity contribution < 1.29 is 4.74 Å². The van der Waals surface area contributed by atoms with Gasteiger partial charge in [-0.1, -0.05) is 0 Å². The summed E-state index contributed by atoms with van der Waals surface area (Å²) >= 11 is 4.09. The van der Waals surface area contributed by atoms with E-state index >= 15 is 0 Å². The van der Waals surface area contributed by atoms with Gasteiger partial charge in [0.15, 0.2) is 0 Å². The first kappa shape index (κ1) is 5.04. The molecule has 7 heavy (non-hydrogen) atoms. The molecule has 0 fully saturated rings. The van der Waals surface area contributed by atoms with Crippen LogP contribution in [0.1, 0.15) is 13.3 Å². The minimum atomic E-state index is 0.354. The van der Waals surface area contributed by atoms with Crippen molar-refractivity contribution in [1.82, 2.24) is 0 Å². The predicted molar refractivity (Wildman–Crippen MR) is 32.2 cm³/mol. The highest BCUT2D eigenvalue weighted by molar-refractivity contribution is 7.84. The Bertz CT molecular complexity index is 98.3. The van der Waals surface area contributed by atoms with Crippen molar-refractivity contribution in [2.75, 3.05) is 0 Å². The minimum Gasteiger partial charge on any atom is -0.497 e. The molecule has 1 nitrogen and oxygen atoms in total. The van der Waals surface area contributed by atoms with E-state index in [9.17, 15) is 0 Å². The van der Waals surface area contributed by atoms with E-state index in [2.05, 4.69) is 12.6 Å². The maximum absolute atomic E-state index is 5.03. The van der Waals surface area contributed by atoms with Gasteiger partial charge < -0.3 is 4.74 Å². The largest absolute Gasteiger partial charge is 0.497 e. The molecule has 2 heteroatoms.